The van der Waals surface area contributed by atoms with Crippen LogP contribution in [0.4, 0.5) is 0 Å². The maximum absolute atomic E-state index is 14.4. The maximum Gasteiger partial charge on any atom is 0.504 e. The number of nitrogens with zero attached hydrogens (tertiary/aromatic N) is 2. The van der Waals surface area contributed by atoms with E-state index in [1.165, 1.54) is 30.0 Å². The van der Waals surface area contributed by atoms with Gasteiger partial charge < -0.3 is 44.6 Å². The first kappa shape index (κ1) is 32.5. The first-order valence-electron chi connectivity index (χ1n) is 16.2. The second-order valence-corrected chi connectivity index (χ2v) is 14.3. The number of aliphatic hydroxyl groups is 4. The number of aliphatic hydroxyl groups excluding tert-OH is 2. The topological polar surface area (TPSA) is 186 Å². The highest BCUT2D eigenvalue weighted by Crippen LogP contribution is 2.57. The average Bonchev–Trinajstić information content (AvgIpc) is 3.57. The molecule has 48 heavy (non-hydrogen) atoms. The zero-order chi connectivity index (χ0) is 34.6. The fraction of sp³-hybridized carbons (Fsp3) is 0.441. The van der Waals surface area contributed by atoms with Crippen molar-refractivity contribution >= 4 is 35.4 Å². The Morgan fingerprint density at radius 1 is 1.06 bits per heavy atom. The highest BCUT2D eigenvalue weighted by molar-refractivity contribution is 6.75. The van der Waals surface area contributed by atoms with Gasteiger partial charge in [-0.1, -0.05) is 47.4 Å². The van der Waals surface area contributed by atoms with Crippen LogP contribution in [0.15, 0.2) is 59.4 Å². The summed E-state index contributed by atoms with van der Waals surface area (Å²) in [6.45, 7) is 3.09. The molecule has 0 unspecified atom stereocenters. The number of ketones is 2. The quantitative estimate of drug-likeness (QED) is 0.191. The van der Waals surface area contributed by atoms with Crippen molar-refractivity contribution in [1.82, 2.24) is 10.2 Å². The SMILES string of the molecule is Cc1cccc([B-]23OCC[N+]2(CNC(=O)C2=C(O)[C@]4(O)C(=O)C5=C(O)c6c(O)cccc6[C@](C)(O)[C@@H]5C[C@H]4[C@@H](N(C)C)C2=O)CCO3)c1. The molecule has 5 aliphatic rings. The number of phenols is 1. The van der Waals surface area contributed by atoms with Crippen LogP contribution >= 0.6 is 0 Å². The Bertz CT molecular complexity index is 1830. The van der Waals surface area contributed by atoms with Gasteiger partial charge in [0.05, 0.1) is 43.5 Å². The number of carbonyl (C=O) groups excluding carboxylic acids is 3. The molecule has 5 atom stereocenters. The molecule has 0 spiro atoms. The number of aromatic hydroxyl groups is 1. The summed E-state index contributed by atoms with van der Waals surface area (Å²) in [6, 6.07) is 10.8. The molecule has 3 fully saturated rings. The predicted molar refractivity (Wildman–Crippen MR) is 172 cm³/mol. The van der Waals surface area contributed by atoms with E-state index < -0.39 is 81.7 Å². The largest absolute Gasteiger partial charge is 0.508 e. The van der Waals surface area contributed by atoms with E-state index in [0.717, 1.165) is 11.0 Å². The molecule has 6 N–H and O–H groups in total. The molecule has 7 rings (SSSR count). The molecular formula is C34H40BN3O10. The lowest BCUT2D eigenvalue weighted by Crippen LogP contribution is -2.72. The Kier molecular flexibility index (Phi) is 7.26. The number of likely N-dealkylation sites (N-methyl/N-ethyl adjacent to an activating group) is 1. The normalized spacial score (nSPS) is 35.8. The van der Waals surface area contributed by atoms with Gasteiger partial charge in [-0.2, -0.15) is 0 Å². The fourth-order valence-corrected chi connectivity index (χ4v) is 9.09. The molecule has 3 aliphatic carbocycles. The minimum absolute atomic E-state index is 0.0216. The van der Waals surface area contributed by atoms with E-state index in [2.05, 4.69) is 5.32 Å². The average molecular weight is 662 g/mol. The van der Waals surface area contributed by atoms with Crippen molar-refractivity contribution < 1.29 is 53.6 Å². The summed E-state index contributed by atoms with van der Waals surface area (Å²) in [5, 5.41) is 60.4. The lowest BCUT2D eigenvalue weighted by molar-refractivity contribution is -0.822. The van der Waals surface area contributed by atoms with Crippen LogP contribution < -0.4 is 10.8 Å². The van der Waals surface area contributed by atoms with Gasteiger partial charge in [0, 0.05) is 17.4 Å². The number of quaternary nitrogens is 1. The van der Waals surface area contributed by atoms with Gasteiger partial charge in [-0.25, -0.2) is 0 Å². The summed E-state index contributed by atoms with van der Waals surface area (Å²) in [4.78, 5) is 44.0. The van der Waals surface area contributed by atoms with Gasteiger partial charge in [-0.15, -0.1) is 0 Å². The van der Waals surface area contributed by atoms with Gasteiger partial charge in [0.15, 0.2) is 11.4 Å². The number of aryl methyl sites for hydroxylation is 1. The number of nitrogens with one attached hydrogen (secondary N) is 1. The Hall–Kier alpha value is -4.05. The zero-order valence-electron chi connectivity index (χ0n) is 27.3. The van der Waals surface area contributed by atoms with Crippen LogP contribution in [0, 0.1) is 18.8 Å². The minimum Gasteiger partial charge on any atom is -0.508 e. The van der Waals surface area contributed by atoms with E-state index in [1.54, 1.807) is 14.1 Å². The third-order valence-electron chi connectivity index (χ3n) is 11.5. The van der Waals surface area contributed by atoms with E-state index in [0.29, 0.717) is 26.3 Å². The molecule has 2 heterocycles. The van der Waals surface area contributed by atoms with Crippen molar-refractivity contribution in [1.29, 1.82) is 0 Å². The molecule has 0 bridgehead atoms. The van der Waals surface area contributed by atoms with Gasteiger partial charge in [-0.05, 0) is 46.0 Å². The number of phenolic OH excluding ortho intramolecular Hbond substituents is 1. The molecular weight excluding hydrogens is 621 g/mol. The maximum atomic E-state index is 14.4. The van der Waals surface area contributed by atoms with E-state index in [4.69, 9.17) is 9.31 Å². The summed E-state index contributed by atoms with van der Waals surface area (Å²) in [6.07, 6.45) is -0.215. The molecule has 0 radical (unpaired) electrons. The molecule has 2 aromatic carbocycles. The lowest BCUT2D eigenvalue weighted by atomic mass is 9.54. The van der Waals surface area contributed by atoms with Gasteiger partial charge in [0.1, 0.15) is 29.5 Å². The van der Waals surface area contributed by atoms with E-state index in [1.807, 2.05) is 31.2 Å². The molecule has 2 saturated heterocycles. The smallest absolute Gasteiger partial charge is 0.504 e. The Labute approximate surface area is 277 Å². The number of benzene rings is 2. The Morgan fingerprint density at radius 3 is 2.38 bits per heavy atom. The number of carbonyl (C=O) groups is 3. The Balaban J connectivity index is 1.29. The van der Waals surface area contributed by atoms with Crippen LogP contribution in [0.2, 0.25) is 0 Å². The predicted octanol–water partition coefficient (Wildman–Crippen LogP) is 0.249. The molecule has 1 amide bonds. The van der Waals surface area contributed by atoms with Crippen LogP contribution in [-0.2, 0) is 29.3 Å². The summed E-state index contributed by atoms with van der Waals surface area (Å²) in [5.74, 6) is -7.52. The third-order valence-corrected chi connectivity index (χ3v) is 11.5. The van der Waals surface area contributed by atoms with E-state index in [-0.39, 0.29) is 28.6 Å². The first-order valence-corrected chi connectivity index (χ1v) is 16.2. The van der Waals surface area contributed by atoms with Crippen LogP contribution in [0.1, 0.15) is 30.0 Å². The zero-order valence-corrected chi connectivity index (χ0v) is 27.3. The van der Waals surface area contributed by atoms with Crippen LogP contribution in [0.25, 0.3) is 5.76 Å². The molecule has 2 aliphatic heterocycles. The molecule has 254 valence electrons. The molecule has 1 saturated carbocycles. The molecule has 13 nitrogen and oxygen atoms in total. The third kappa shape index (κ3) is 4.10. The number of amides is 1. The summed E-state index contributed by atoms with van der Waals surface area (Å²) < 4.78 is 12.7. The number of hydrogen-bond donors (Lipinski definition) is 6. The summed E-state index contributed by atoms with van der Waals surface area (Å²) in [7, 11) is 3.11. The summed E-state index contributed by atoms with van der Waals surface area (Å²) in [5.41, 5.74) is -3.93. The van der Waals surface area contributed by atoms with Crippen molar-refractivity contribution in [3.05, 3.63) is 76.1 Å². The highest BCUT2D eigenvalue weighted by Gasteiger charge is 2.67. The molecule has 0 aromatic heterocycles. The fourth-order valence-electron chi connectivity index (χ4n) is 9.09. The highest BCUT2D eigenvalue weighted by atomic mass is 16.6. The number of hydrogen-bond acceptors (Lipinski definition) is 11. The van der Waals surface area contributed by atoms with Gasteiger partial charge in [0.2, 0.25) is 5.78 Å². The van der Waals surface area contributed by atoms with Gasteiger partial charge >= 0.3 is 6.69 Å². The number of Topliss-reactive ketones (excluding diaryl/α,β-unsaturated/α-hetero) is 2. The van der Waals surface area contributed by atoms with Crippen molar-refractivity contribution in [3.8, 4) is 5.75 Å². The number of fused-ring (bicyclic) bond motifs is 4. The van der Waals surface area contributed by atoms with Crippen LogP contribution in [0.3, 0.4) is 0 Å². The molecule has 2 aromatic rings. The number of rotatable bonds is 5. The van der Waals surface area contributed by atoms with Crippen molar-refractivity contribution in [2.24, 2.45) is 11.8 Å². The van der Waals surface area contributed by atoms with Gasteiger partial charge in [-0.3, -0.25) is 19.3 Å². The summed E-state index contributed by atoms with van der Waals surface area (Å²) >= 11 is 0. The van der Waals surface area contributed by atoms with Crippen LogP contribution in [0.5, 0.6) is 5.75 Å². The standard InChI is InChI=1S/C34H40BN3O10/c1-18-7-5-8-19(15-18)35-38(11-13-47-35,12-14-48-35)17-36-32(44)26-29(41)27(37(3)4)22-16-21-25(30(42)34(22,46)31(26)43)28(40)24-20(33(21,2)45)9-6-10-23(24)39/h5-10,15,21-22,27,39-40,43,45-46H,11-14,16-17H2,1-4H3,(H,36,44)/t21-,22+,27-,33+,34-,35?,38?/m1/s1. The van der Waals surface area contributed by atoms with Crippen molar-refractivity contribution in [2.75, 3.05) is 47.1 Å². The van der Waals surface area contributed by atoms with E-state index >= 15 is 0 Å². The van der Waals surface area contributed by atoms with Crippen molar-refractivity contribution in [3.63, 3.8) is 0 Å². The van der Waals surface area contributed by atoms with Crippen LogP contribution in [-0.4, -0.2) is 118 Å². The second kappa shape index (κ2) is 10.7. The minimum atomic E-state index is -2.80. The lowest BCUT2D eigenvalue weighted by Gasteiger charge is -2.53. The van der Waals surface area contributed by atoms with E-state index in [9.17, 15) is 39.9 Å². The monoisotopic (exact) mass is 661 g/mol. The van der Waals surface area contributed by atoms with Crippen molar-refractivity contribution in [2.45, 2.75) is 37.5 Å². The second-order valence-electron chi connectivity index (χ2n) is 14.3. The van der Waals surface area contributed by atoms with Gasteiger partial charge in [0.25, 0.3) is 5.91 Å². The first-order chi connectivity index (χ1) is 22.6. The molecule has 14 heteroatoms. The Morgan fingerprint density at radius 2 is 1.73 bits per heavy atom.